The smallest absolute Gasteiger partial charge is 0.314 e. The molecule has 2 aromatic rings. The standard InChI is InChI=1S/C21H26Br2N2O5/c1-27-15-7-5-13(17(22)19(15)29-3)9-11-24-21(26)25-12-10-14-6-8-16(28-2)20(30-4)18(14)23/h5-8H,9-12H2,1-4H3,(H2,24,25,26). The van der Waals surface area contributed by atoms with Gasteiger partial charge in [-0.25, -0.2) is 4.79 Å². The zero-order chi connectivity index (χ0) is 22.1. The van der Waals surface area contributed by atoms with Gasteiger partial charge < -0.3 is 29.6 Å². The van der Waals surface area contributed by atoms with Gasteiger partial charge in [0.1, 0.15) is 0 Å². The van der Waals surface area contributed by atoms with E-state index in [1.807, 2.05) is 24.3 Å². The molecule has 0 aliphatic heterocycles. The lowest BCUT2D eigenvalue weighted by Gasteiger charge is -2.14. The molecule has 0 radical (unpaired) electrons. The van der Waals surface area contributed by atoms with Crippen LogP contribution in [0.1, 0.15) is 11.1 Å². The molecule has 2 aromatic carbocycles. The van der Waals surface area contributed by atoms with E-state index in [1.165, 1.54) is 0 Å². The zero-order valence-corrected chi connectivity index (χ0v) is 20.6. The molecule has 2 amide bonds. The van der Waals surface area contributed by atoms with Crippen molar-refractivity contribution in [3.63, 3.8) is 0 Å². The highest BCUT2D eigenvalue weighted by Crippen LogP contribution is 2.38. The van der Waals surface area contributed by atoms with Crippen molar-refractivity contribution in [2.45, 2.75) is 12.8 Å². The molecule has 0 bridgehead atoms. The van der Waals surface area contributed by atoms with E-state index in [0.29, 0.717) is 48.9 Å². The number of nitrogens with one attached hydrogen (secondary N) is 2. The van der Waals surface area contributed by atoms with Crippen LogP contribution in [0, 0.1) is 0 Å². The van der Waals surface area contributed by atoms with E-state index < -0.39 is 0 Å². The van der Waals surface area contributed by atoms with E-state index in [-0.39, 0.29) is 6.03 Å². The number of methoxy groups -OCH3 is 4. The Morgan fingerprint density at radius 1 is 0.733 bits per heavy atom. The predicted molar refractivity (Wildman–Crippen MR) is 123 cm³/mol. The van der Waals surface area contributed by atoms with Gasteiger partial charge in [0.15, 0.2) is 23.0 Å². The van der Waals surface area contributed by atoms with Crippen LogP contribution in [0.15, 0.2) is 33.2 Å². The van der Waals surface area contributed by atoms with Crippen molar-refractivity contribution in [2.24, 2.45) is 0 Å². The van der Waals surface area contributed by atoms with Crippen LogP contribution in [-0.4, -0.2) is 47.6 Å². The van der Waals surface area contributed by atoms with Crippen LogP contribution in [-0.2, 0) is 12.8 Å². The molecule has 30 heavy (non-hydrogen) atoms. The summed E-state index contributed by atoms with van der Waals surface area (Å²) in [4.78, 5) is 12.1. The van der Waals surface area contributed by atoms with Crippen molar-refractivity contribution in [1.29, 1.82) is 0 Å². The van der Waals surface area contributed by atoms with Gasteiger partial charge in [-0.3, -0.25) is 0 Å². The summed E-state index contributed by atoms with van der Waals surface area (Å²) in [7, 11) is 6.37. The summed E-state index contributed by atoms with van der Waals surface area (Å²) in [5, 5.41) is 5.73. The molecule has 0 atom stereocenters. The van der Waals surface area contributed by atoms with E-state index in [9.17, 15) is 4.79 Å². The van der Waals surface area contributed by atoms with Gasteiger partial charge in [0.2, 0.25) is 0 Å². The number of urea groups is 1. The van der Waals surface area contributed by atoms with E-state index in [1.54, 1.807) is 28.4 Å². The summed E-state index contributed by atoms with van der Waals surface area (Å²) >= 11 is 7.08. The third-order valence-corrected chi connectivity index (χ3v) is 6.23. The maximum atomic E-state index is 12.1. The molecule has 2 rings (SSSR count). The van der Waals surface area contributed by atoms with Gasteiger partial charge in [-0.05, 0) is 68.0 Å². The first kappa shape index (κ1) is 24.1. The Hall–Kier alpha value is -2.13. The molecule has 0 aliphatic rings. The fourth-order valence-electron chi connectivity index (χ4n) is 2.93. The SMILES string of the molecule is COc1ccc(CCNC(=O)NCCc2ccc(OC)c(OC)c2Br)c(Br)c1OC. The Bertz CT molecular complexity index is 807. The third kappa shape index (κ3) is 5.95. The first-order valence-electron chi connectivity index (χ1n) is 9.27. The normalized spacial score (nSPS) is 10.3. The molecule has 0 unspecified atom stereocenters. The predicted octanol–water partition coefficient (Wildman–Crippen LogP) is 4.33. The molecule has 164 valence electrons. The summed E-state index contributed by atoms with van der Waals surface area (Å²) in [5.41, 5.74) is 2.03. The number of rotatable bonds is 10. The van der Waals surface area contributed by atoms with Crippen molar-refractivity contribution in [1.82, 2.24) is 10.6 Å². The first-order valence-corrected chi connectivity index (χ1v) is 10.9. The highest BCUT2D eigenvalue weighted by molar-refractivity contribution is 9.11. The Kier molecular flexibility index (Phi) is 9.58. The maximum Gasteiger partial charge on any atom is 0.314 e. The maximum absolute atomic E-state index is 12.1. The zero-order valence-electron chi connectivity index (χ0n) is 17.4. The van der Waals surface area contributed by atoms with Crippen molar-refractivity contribution < 1.29 is 23.7 Å². The van der Waals surface area contributed by atoms with Gasteiger partial charge in [-0.15, -0.1) is 0 Å². The Balaban J connectivity index is 1.83. The van der Waals surface area contributed by atoms with Crippen molar-refractivity contribution in [3.05, 3.63) is 44.3 Å². The molecule has 0 aromatic heterocycles. The number of halogens is 2. The highest BCUT2D eigenvalue weighted by Gasteiger charge is 2.14. The number of carbonyl (C=O) groups excluding carboxylic acids is 1. The Labute approximate surface area is 193 Å². The lowest BCUT2D eigenvalue weighted by molar-refractivity contribution is 0.241. The summed E-state index contributed by atoms with van der Waals surface area (Å²) in [6.07, 6.45) is 1.30. The Morgan fingerprint density at radius 2 is 1.13 bits per heavy atom. The molecule has 0 spiro atoms. The van der Waals surface area contributed by atoms with E-state index in [4.69, 9.17) is 18.9 Å². The molecule has 7 nitrogen and oxygen atoms in total. The number of amides is 2. The molecular formula is C21H26Br2N2O5. The molecular weight excluding hydrogens is 520 g/mol. The molecule has 0 fully saturated rings. The van der Waals surface area contributed by atoms with Crippen LogP contribution in [0.25, 0.3) is 0 Å². The molecule has 0 heterocycles. The monoisotopic (exact) mass is 544 g/mol. The first-order chi connectivity index (χ1) is 14.5. The second-order valence-electron chi connectivity index (χ2n) is 6.23. The fourth-order valence-corrected chi connectivity index (χ4v) is 4.31. The third-order valence-electron chi connectivity index (χ3n) is 4.49. The number of benzene rings is 2. The van der Waals surface area contributed by atoms with Crippen LogP contribution in [0.5, 0.6) is 23.0 Å². The van der Waals surface area contributed by atoms with Crippen LogP contribution in [0.3, 0.4) is 0 Å². The number of hydrogen-bond acceptors (Lipinski definition) is 5. The highest BCUT2D eigenvalue weighted by atomic mass is 79.9. The summed E-state index contributed by atoms with van der Waals surface area (Å²) in [5.74, 6) is 2.58. The summed E-state index contributed by atoms with van der Waals surface area (Å²) in [6, 6.07) is 7.36. The van der Waals surface area contributed by atoms with Crippen molar-refractivity contribution >= 4 is 37.9 Å². The largest absolute Gasteiger partial charge is 0.493 e. The van der Waals surface area contributed by atoms with E-state index in [2.05, 4.69) is 42.5 Å². The van der Waals surface area contributed by atoms with E-state index >= 15 is 0 Å². The van der Waals surface area contributed by atoms with Gasteiger partial charge in [-0.2, -0.15) is 0 Å². The second-order valence-corrected chi connectivity index (χ2v) is 7.82. The lowest BCUT2D eigenvalue weighted by atomic mass is 10.1. The summed E-state index contributed by atoms with van der Waals surface area (Å²) < 4.78 is 23.0. The van der Waals surface area contributed by atoms with Crippen LogP contribution in [0.2, 0.25) is 0 Å². The molecule has 0 saturated carbocycles. The lowest BCUT2D eigenvalue weighted by Crippen LogP contribution is -2.37. The molecule has 2 N–H and O–H groups in total. The minimum Gasteiger partial charge on any atom is -0.493 e. The minimum atomic E-state index is -0.219. The van der Waals surface area contributed by atoms with Crippen molar-refractivity contribution in [3.8, 4) is 23.0 Å². The van der Waals surface area contributed by atoms with Crippen LogP contribution >= 0.6 is 31.9 Å². The van der Waals surface area contributed by atoms with Gasteiger partial charge in [-0.1, -0.05) is 12.1 Å². The number of hydrogen-bond donors (Lipinski definition) is 2. The topological polar surface area (TPSA) is 78.1 Å². The average Bonchev–Trinajstić information content (AvgIpc) is 2.75. The minimum absolute atomic E-state index is 0.219. The molecule has 9 heteroatoms. The van der Waals surface area contributed by atoms with Gasteiger partial charge in [0.05, 0.1) is 37.4 Å². The van der Waals surface area contributed by atoms with Gasteiger partial charge in [0, 0.05) is 13.1 Å². The second kappa shape index (κ2) is 11.9. The van der Waals surface area contributed by atoms with Gasteiger partial charge in [0.25, 0.3) is 0 Å². The summed E-state index contributed by atoms with van der Waals surface area (Å²) in [6.45, 7) is 0.972. The fraction of sp³-hybridized carbons (Fsp3) is 0.381. The van der Waals surface area contributed by atoms with Gasteiger partial charge >= 0.3 is 6.03 Å². The van der Waals surface area contributed by atoms with Crippen LogP contribution < -0.4 is 29.6 Å². The van der Waals surface area contributed by atoms with Crippen molar-refractivity contribution in [2.75, 3.05) is 41.5 Å². The Morgan fingerprint density at radius 3 is 1.47 bits per heavy atom. The quantitative estimate of drug-likeness (QED) is 0.464. The van der Waals surface area contributed by atoms with E-state index in [0.717, 1.165) is 20.1 Å². The number of ether oxygens (including phenoxy) is 4. The average molecular weight is 546 g/mol. The molecule has 0 aliphatic carbocycles. The molecule has 0 saturated heterocycles. The van der Waals surface area contributed by atoms with Crippen LogP contribution in [0.4, 0.5) is 4.79 Å². The number of carbonyl (C=O) groups is 1.